The summed E-state index contributed by atoms with van der Waals surface area (Å²) < 4.78 is 0. The molecule has 0 bridgehead atoms. The van der Waals surface area contributed by atoms with Crippen molar-refractivity contribution in [1.29, 1.82) is 0 Å². The van der Waals surface area contributed by atoms with Gasteiger partial charge in [-0.1, -0.05) is 6.92 Å². The van der Waals surface area contributed by atoms with E-state index < -0.39 is 0 Å². The lowest BCUT2D eigenvalue weighted by Crippen LogP contribution is -2.39. The van der Waals surface area contributed by atoms with Crippen molar-refractivity contribution in [1.82, 2.24) is 10.2 Å². The number of carbonyl (C=O) groups excluding carboxylic acids is 1. The number of nitrogens with one attached hydrogen (secondary N) is 1. The Morgan fingerprint density at radius 1 is 1.58 bits per heavy atom. The second kappa shape index (κ2) is 4.45. The van der Waals surface area contributed by atoms with E-state index >= 15 is 0 Å². The summed E-state index contributed by atoms with van der Waals surface area (Å²) in [5.74, 6) is 0.284. The maximum Gasteiger partial charge on any atom is 0.222 e. The van der Waals surface area contributed by atoms with E-state index in [4.69, 9.17) is 0 Å². The molecule has 0 aliphatic carbocycles. The van der Waals surface area contributed by atoms with Gasteiger partial charge in [0, 0.05) is 25.6 Å². The van der Waals surface area contributed by atoms with Crippen LogP contribution in [-0.4, -0.2) is 36.5 Å². The number of amides is 1. The molecule has 0 spiro atoms. The van der Waals surface area contributed by atoms with Crippen molar-refractivity contribution >= 4 is 5.91 Å². The number of nitrogens with zero attached hydrogens (tertiary/aromatic N) is 1. The molecule has 1 saturated heterocycles. The highest BCUT2D eigenvalue weighted by Gasteiger charge is 2.19. The van der Waals surface area contributed by atoms with Crippen LogP contribution in [0.4, 0.5) is 0 Å². The molecule has 1 aliphatic heterocycles. The number of hydrogen-bond donors (Lipinski definition) is 1. The van der Waals surface area contributed by atoms with E-state index in [0.717, 1.165) is 26.1 Å². The van der Waals surface area contributed by atoms with Crippen LogP contribution in [0.2, 0.25) is 0 Å². The number of carbonyl (C=O) groups is 1. The van der Waals surface area contributed by atoms with Gasteiger partial charge < -0.3 is 10.2 Å². The first-order valence-electron chi connectivity index (χ1n) is 4.76. The lowest BCUT2D eigenvalue weighted by molar-refractivity contribution is -0.132. The van der Waals surface area contributed by atoms with Crippen molar-refractivity contribution in [3.8, 4) is 0 Å². The zero-order valence-electron chi connectivity index (χ0n) is 7.97. The second-order valence-corrected chi connectivity index (χ2v) is 3.33. The van der Waals surface area contributed by atoms with Gasteiger partial charge in [0.1, 0.15) is 0 Å². The van der Waals surface area contributed by atoms with Gasteiger partial charge in [0.05, 0.1) is 0 Å². The molecule has 1 atom stereocenters. The highest BCUT2D eigenvalue weighted by molar-refractivity contribution is 5.76. The van der Waals surface area contributed by atoms with Gasteiger partial charge in [0.25, 0.3) is 0 Å². The molecule has 1 rings (SSSR count). The first kappa shape index (κ1) is 9.52. The molecule has 1 heterocycles. The third kappa shape index (κ3) is 2.21. The molecule has 1 aliphatic rings. The Hall–Kier alpha value is -0.570. The Morgan fingerprint density at radius 2 is 2.33 bits per heavy atom. The van der Waals surface area contributed by atoms with Gasteiger partial charge in [-0.3, -0.25) is 4.79 Å². The van der Waals surface area contributed by atoms with Gasteiger partial charge in [-0.2, -0.15) is 0 Å². The predicted octanol–water partition coefficient (Wildman–Crippen LogP) is 0.607. The van der Waals surface area contributed by atoms with Crippen LogP contribution in [-0.2, 0) is 4.79 Å². The SMILES string of the molecule is CCC(=O)N1CCNCCC1C. The van der Waals surface area contributed by atoms with Crippen LogP contribution in [0.15, 0.2) is 0 Å². The van der Waals surface area contributed by atoms with Crippen LogP contribution >= 0.6 is 0 Å². The van der Waals surface area contributed by atoms with E-state index in [1.807, 2.05) is 11.8 Å². The van der Waals surface area contributed by atoms with Crippen LogP contribution in [0.1, 0.15) is 26.7 Å². The fourth-order valence-electron chi connectivity index (χ4n) is 1.59. The Kier molecular flexibility index (Phi) is 3.53. The normalized spacial score (nSPS) is 25.2. The number of rotatable bonds is 1. The monoisotopic (exact) mass is 170 g/mol. The zero-order chi connectivity index (χ0) is 8.97. The quantitative estimate of drug-likeness (QED) is 0.625. The average Bonchev–Trinajstić information content (AvgIpc) is 2.28. The molecule has 12 heavy (non-hydrogen) atoms. The molecule has 1 unspecified atom stereocenters. The van der Waals surface area contributed by atoms with Crippen molar-refractivity contribution in [3.63, 3.8) is 0 Å². The summed E-state index contributed by atoms with van der Waals surface area (Å²) in [5, 5.41) is 3.29. The molecule has 0 saturated carbocycles. The third-order valence-electron chi connectivity index (χ3n) is 2.42. The fraction of sp³-hybridized carbons (Fsp3) is 0.889. The summed E-state index contributed by atoms with van der Waals surface area (Å²) in [7, 11) is 0. The maximum atomic E-state index is 11.4. The van der Waals surface area contributed by atoms with E-state index in [1.54, 1.807) is 0 Å². The van der Waals surface area contributed by atoms with E-state index in [-0.39, 0.29) is 5.91 Å². The number of hydrogen-bond acceptors (Lipinski definition) is 2. The van der Waals surface area contributed by atoms with Crippen molar-refractivity contribution in [2.75, 3.05) is 19.6 Å². The lowest BCUT2D eigenvalue weighted by atomic mass is 10.2. The minimum atomic E-state index is 0.284. The molecule has 0 aromatic rings. The average molecular weight is 170 g/mol. The minimum Gasteiger partial charge on any atom is -0.339 e. The molecular formula is C9H18N2O. The van der Waals surface area contributed by atoms with Gasteiger partial charge in [-0.25, -0.2) is 0 Å². The molecule has 3 heteroatoms. The Morgan fingerprint density at radius 3 is 3.00 bits per heavy atom. The van der Waals surface area contributed by atoms with Crippen molar-refractivity contribution in [2.24, 2.45) is 0 Å². The van der Waals surface area contributed by atoms with Crippen LogP contribution in [0.5, 0.6) is 0 Å². The van der Waals surface area contributed by atoms with Crippen LogP contribution in [0.25, 0.3) is 0 Å². The van der Waals surface area contributed by atoms with Crippen molar-refractivity contribution < 1.29 is 4.79 Å². The Balaban J connectivity index is 2.52. The summed E-state index contributed by atoms with van der Waals surface area (Å²) in [6.07, 6.45) is 1.70. The molecular weight excluding hydrogens is 152 g/mol. The first-order chi connectivity index (χ1) is 5.75. The highest BCUT2D eigenvalue weighted by Crippen LogP contribution is 2.07. The van der Waals surface area contributed by atoms with Gasteiger partial charge in [-0.15, -0.1) is 0 Å². The van der Waals surface area contributed by atoms with Gasteiger partial charge in [0.2, 0.25) is 5.91 Å². The lowest BCUT2D eigenvalue weighted by Gasteiger charge is -2.26. The van der Waals surface area contributed by atoms with Gasteiger partial charge in [-0.05, 0) is 19.9 Å². The van der Waals surface area contributed by atoms with Gasteiger partial charge in [0.15, 0.2) is 0 Å². The molecule has 1 fully saturated rings. The molecule has 3 nitrogen and oxygen atoms in total. The van der Waals surface area contributed by atoms with E-state index in [1.165, 1.54) is 0 Å². The highest BCUT2D eigenvalue weighted by atomic mass is 16.2. The largest absolute Gasteiger partial charge is 0.339 e. The summed E-state index contributed by atoms with van der Waals surface area (Å²) in [5.41, 5.74) is 0. The minimum absolute atomic E-state index is 0.284. The topological polar surface area (TPSA) is 32.3 Å². The maximum absolute atomic E-state index is 11.4. The molecule has 70 valence electrons. The fourth-order valence-corrected chi connectivity index (χ4v) is 1.59. The third-order valence-corrected chi connectivity index (χ3v) is 2.42. The summed E-state index contributed by atoms with van der Waals surface area (Å²) >= 11 is 0. The second-order valence-electron chi connectivity index (χ2n) is 3.33. The van der Waals surface area contributed by atoms with Crippen LogP contribution in [0.3, 0.4) is 0 Å². The molecule has 0 radical (unpaired) electrons. The molecule has 0 aromatic heterocycles. The summed E-state index contributed by atoms with van der Waals surface area (Å²) in [6.45, 7) is 6.90. The Labute approximate surface area is 74.1 Å². The van der Waals surface area contributed by atoms with Crippen molar-refractivity contribution in [2.45, 2.75) is 32.7 Å². The Bertz CT molecular complexity index is 159. The standard InChI is InChI=1S/C9H18N2O/c1-3-9(12)11-7-6-10-5-4-8(11)2/h8,10H,3-7H2,1-2H3. The molecule has 1 N–H and O–H groups in total. The van der Waals surface area contributed by atoms with Gasteiger partial charge >= 0.3 is 0 Å². The molecule has 0 aromatic carbocycles. The summed E-state index contributed by atoms with van der Waals surface area (Å²) in [4.78, 5) is 13.4. The summed E-state index contributed by atoms with van der Waals surface area (Å²) in [6, 6.07) is 0.410. The first-order valence-corrected chi connectivity index (χ1v) is 4.76. The molecule has 1 amide bonds. The van der Waals surface area contributed by atoms with Crippen LogP contribution in [0, 0.1) is 0 Å². The van der Waals surface area contributed by atoms with E-state index in [0.29, 0.717) is 12.5 Å². The van der Waals surface area contributed by atoms with E-state index in [2.05, 4.69) is 12.2 Å². The predicted molar refractivity (Wildman–Crippen MR) is 49.0 cm³/mol. The van der Waals surface area contributed by atoms with Crippen LogP contribution < -0.4 is 5.32 Å². The zero-order valence-corrected chi connectivity index (χ0v) is 7.97. The smallest absolute Gasteiger partial charge is 0.222 e. The van der Waals surface area contributed by atoms with E-state index in [9.17, 15) is 4.79 Å². The van der Waals surface area contributed by atoms with Crippen molar-refractivity contribution in [3.05, 3.63) is 0 Å².